The van der Waals surface area contributed by atoms with Gasteiger partial charge in [-0.2, -0.15) is 16.7 Å². The van der Waals surface area contributed by atoms with Crippen molar-refractivity contribution in [3.63, 3.8) is 0 Å². The van der Waals surface area contributed by atoms with Crippen LogP contribution in [0.25, 0.3) is 0 Å². The second-order valence-electron chi connectivity index (χ2n) is 4.46. The van der Waals surface area contributed by atoms with Gasteiger partial charge in [0, 0.05) is 6.42 Å². The highest BCUT2D eigenvalue weighted by Crippen LogP contribution is 2.17. The molecule has 5 nitrogen and oxygen atoms in total. The van der Waals surface area contributed by atoms with E-state index in [1.54, 1.807) is 18.9 Å². The summed E-state index contributed by atoms with van der Waals surface area (Å²) in [6, 6.07) is 7.63. The number of aromatic nitrogens is 2. The Morgan fingerprint density at radius 2 is 2.10 bits per heavy atom. The smallest absolute Gasteiger partial charge is 0.243 e. The van der Waals surface area contributed by atoms with Gasteiger partial charge in [-0.25, -0.2) is 0 Å². The lowest BCUT2D eigenvalue weighted by Crippen LogP contribution is -2.11. The Morgan fingerprint density at radius 3 is 2.75 bits per heavy atom. The topological polar surface area (TPSA) is 74.2 Å². The van der Waals surface area contributed by atoms with Crippen molar-refractivity contribution < 1.29 is 9.26 Å². The summed E-state index contributed by atoms with van der Waals surface area (Å²) in [5.74, 6) is 2.99. The second-order valence-corrected chi connectivity index (χ2v) is 5.45. The lowest BCUT2D eigenvalue weighted by Gasteiger charge is -2.03. The number of ether oxygens (including phenoxy) is 1. The number of hydrogen-bond donors (Lipinski definition) is 1. The quantitative estimate of drug-likeness (QED) is 0.845. The van der Waals surface area contributed by atoms with Gasteiger partial charge in [-0.05, 0) is 36.1 Å². The van der Waals surface area contributed by atoms with Gasteiger partial charge in [0.2, 0.25) is 5.89 Å². The second kappa shape index (κ2) is 7.31. The van der Waals surface area contributed by atoms with Gasteiger partial charge in [-0.3, -0.25) is 0 Å². The van der Waals surface area contributed by atoms with E-state index in [1.807, 2.05) is 24.3 Å². The van der Waals surface area contributed by atoms with Crippen molar-refractivity contribution in [3.8, 4) is 5.75 Å². The minimum atomic E-state index is -0.181. The largest absolute Gasteiger partial charge is 0.497 e. The fourth-order valence-electron chi connectivity index (χ4n) is 1.78. The zero-order valence-corrected chi connectivity index (χ0v) is 12.5. The van der Waals surface area contributed by atoms with Crippen LogP contribution in [0.4, 0.5) is 0 Å². The Labute approximate surface area is 122 Å². The summed E-state index contributed by atoms with van der Waals surface area (Å²) in [4.78, 5) is 4.36. The van der Waals surface area contributed by atoms with Gasteiger partial charge in [0.1, 0.15) is 5.75 Å². The Bertz CT molecular complexity index is 527. The van der Waals surface area contributed by atoms with E-state index in [-0.39, 0.29) is 6.04 Å². The number of nitrogens with zero attached hydrogens (tertiary/aromatic N) is 2. The number of nitrogens with two attached hydrogens (primary N) is 1. The molecule has 0 aliphatic rings. The van der Waals surface area contributed by atoms with E-state index >= 15 is 0 Å². The molecule has 1 aromatic heterocycles. The van der Waals surface area contributed by atoms with Crippen molar-refractivity contribution in [2.45, 2.75) is 18.9 Å². The summed E-state index contributed by atoms with van der Waals surface area (Å²) in [7, 11) is 1.65. The van der Waals surface area contributed by atoms with Crippen LogP contribution in [0.15, 0.2) is 28.8 Å². The zero-order chi connectivity index (χ0) is 14.4. The van der Waals surface area contributed by atoms with Gasteiger partial charge in [0.15, 0.2) is 5.82 Å². The van der Waals surface area contributed by atoms with E-state index in [1.165, 1.54) is 0 Å². The molecule has 0 aliphatic heterocycles. The van der Waals surface area contributed by atoms with Gasteiger partial charge in [-0.1, -0.05) is 17.3 Å². The van der Waals surface area contributed by atoms with Crippen molar-refractivity contribution in [2.24, 2.45) is 5.73 Å². The molecule has 0 spiro atoms. The van der Waals surface area contributed by atoms with Gasteiger partial charge >= 0.3 is 0 Å². The molecule has 0 fully saturated rings. The van der Waals surface area contributed by atoms with Crippen LogP contribution in [0.3, 0.4) is 0 Å². The minimum Gasteiger partial charge on any atom is -0.497 e. The first-order valence-electron chi connectivity index (χ1n) is 6.43. The van der Waals surface area contributed by atoms with Gasteiger partial charge in [-0.15, -0.1) is 0 Å². The summed E-state index contributed by atoms with van der Waals surface area (Å²) < 4.78 is 10.3. The first-order valence-corrected chi connectivity index (χ1v) is 7.82. The average Bonchev–Trinajstić information content (AvgIpc) is 2.94. The molecular weight excluding hydrogens is 274 g/mol. The highest BCUT2D eigenvalue weighted by molar-refractivity contribution is 7.98. The molecule has 0 unspecified atom stereocenters. The lowest BCUT2D eigenvalue weighted by molar-refractivity contribution is 0.349. The highest BCUT2D eigenvalue weighted by atomic mass is 32.2. The molecule has 0 saturated carbocycles. The molecule has 0 saturated heterocycles. The van der Waals surface area contributed by atoms with Crippen LogP contribution in [0, 0.1) is 0 Å². The molecule has 6 heteroatoms. The van der Waals surface area contributed by atoms with Crippen LogP contribution in [-0.2, 0) is 6.42 Å². The Balaban J connectivity index is 1.97. The lowest BCUT2D eigenvalue weighted by atomic mass is 10.1. The van der Waals surface area contributed by atoms with E-state index in [4.69, 9.17) is 15.0 Å². The summed E-state index contributed by atoms with van der Waals surface area (Å²) >= 11 is 1.76. The predicted octanol–water partition coefficient (Wildman–Crippen LogP) is 2.42. The van der Waals surface area contributed by atoms with E-state index < -0.39 is 0 Å². The molecule has 20 heavy (non-hydrogen) atoms. The normalized spacial score (nSPS) is 12.3. The number of methoxy groups -OCH3 is 1. The van der Waals surface area contributed by atoms with Gasteiger partial charge in [0.25, 0.3) is 0 Å². The molecule has 0 radical (unpaired) electrons. The summed E-state index contributed by atoms with van der Waals surface area (Å²) in [5.41, 5.74) is 7.11. The molecule has 0 bridgehead atoms. The Kier molecular flexibility index (Phi) is 5.43. The van der Waals surface area contributed by atoms with Crippen LogP contribution < -0.4 is 10.5 Å². The monoisotopic (exact) mass is 293 g/mol. The molecule has 108 valence electrons. The van der Waals surface area contributed by atoms with Crippen LogP contribution in [-0.4, -0.2) is 29.3 Å². The number of hydrogen-bond acceptors (Lipinski definition) is 6. The molecular formula is C14H19N3O2S. The Morgan fingerprint density at radius 1 is 1.35 bits per heavy atom. The van der Waals surface area contributed by atoms with Crippen molar-refractivity contribution in [1.82, 2.24) is 10.1 Å². The summed E-state index contributed by atoms with van der Waals surface area (Å²) in [5, 5.41) is 3.98. The van der Waals surface area contributed by atoms with Crippen LogP contribution in [0.1, 0.15) is 29.7 Å². The first-order chi connectivity index (χ1) is 9.72. The van der Waals surface area contributed by atoms with Crippen LogP contribution in [0.5, 0.6) is 5.75 Å². The standard InChI is InChI=1S/C14H19N3O2S/c1-18-11-5-3-10(4-6-11)9-13-16-14(19-17-13)12(15)7-8-20-2/h3-6,12H,7-9,15H2,1-2H3/t12-/m0/s1. The minimum absolute atomic E-state index is 0.181. The van der Waals surface area contributed by atoms with Crippen molar-refractivity contribution in [2.75, 3.05) is 19.1 Å². The maximum absolute atomic E-state index is 6.00. The van der Waals surface area contributed by atoms with E-state index in [0.29, 0.717) is 18.1 Å². The third-order valence-corrected chi connectivity index (χ3v) is 3.60. The van der Waals surface area contributed by atoms with Crippen LogP contribution >= 0.6 is 11.8 Å². The highest BCUT2D eigenvalue weighted by Gasteiger charge is 2.14. The SMILES string of the molecule is COc1ccc(Cc2noc([C@@H](N)CCSC)n2)cc1. The average molecular weight is 293 g/mol. The number of benzene rings is 1. The van der Waals surface area contributed by atoms with Gasteiger partial charge < -0.3 is 15.0 Å². The van der Waals surface area contributed by atoms with E-state index in [2.05, 4.69) is 16.4 Å². The molecule has 1 aromatic carbocycles. The number of rotatable bonds is 7. The summed E-state index contributed by atoms with van der Waals surface area (Å²) in [6.07, 6.45) is 3.52. The molecule has 1 atom stereocenters. The fraction of sp³-hybridized carbons (Fsp3) is 0.429. The third-order valence-electron chi connectivity index (χ3n) is 2.96. The predicted molar refractivity (Wildman–Crippen MR) is 80.0 cm³/mol. The van der Waals surface area contributed by atoms with Crippen molar-refractivity contribution in [1.29, 1.82) is 0 Å². The molecule has 2 rings (SSSR count). The van der Waals surface area contributed by atoms with E-state index in [9.17, 15) is 0 Å². The molecule has 0 amide bonds. The molecule has 1 heterocycles. The Hall–Kier alpha value is -1.53. The van der Waals surface area contributed by atoms with E-state index in [0.717, 1.165) is 23.5 Å². The van der Waals surface area contributed by atoms with Crippen LogP contribution in [0.2, 0.25) is 0 Å². The summed E-state index contributed by atoms with van der Waals surface area (Å²) in [6.45, 7) is 0. The zero-order valence-electron chi connectivity index (χ0n) is 11.7. The van der Waals surface area contributed by atoms with Crippen molar-refractivity contribution in [3.05, 3.63) is 41.5 Å². The maximum atomic E-state index is 6.00. The first kappa shape index (κ1) is 14.9. The van der Waals surface area contributed by atoms with Crippen molar-refractivity contribution >= 4 is 11.8 Å². The molecule has 0 aliphatic carbocycles. The maximum Gasteiger partial charge on any atom is 0.243 e. The van der Waals surface area contributed by atoms with Gasteiger partial charge in [0.05, 0.1) is 13.2 Å². The fourth-order valence-corrected chi connectivity index (χ4v) is 2.27. The third kappa shape index (κ3) is 3.98. The number of thioether (sulfide) groups is 1. The molecule has 2 N–H and O–H groups in total. The molecule has 2 aromatic rings.